The number of nitrogens with zero attached hydrogens (tertiary/aromatic N) is 1. The maximum atomic E-state index is 11.5. The van der Waals surface area contributed by atoms with Gasteiger partial charge in [0, 0.05) is 20.3 Å². The van der Waals surface area contributed by atoms with Gasteiger partial charge < -0.3 is 10.1 Å². The van der Waals surface area contributed by atoms with Crippen molar-refractivity contribution in [2.24, 2.45) is 0 Å². The molecule has 0 aromatic heterocycles. The Kier molecular flexibility index (Phi) is 5.42. The zero-order chi connectivity index (χ0) is 12.0. The van der Waals surface area contributed by atoms with Gasteiger partial charge in [0.25, 0.3) is 0 Å². The minimum Gasteiger partial charge on any atom is -0.381 e. The van der Waals surface area contributed by atoms with Gasteiger partial charge >= 0.3 is 0 Å². The number of nitrogens with one attached hydrogen (secondary N) is 1. The normalized spacial score (nSPS) is 20.9. The largest absolute Gasteiger partial charge is 0.381 e. The SMILES string of the molecule is CCCOCCCNC1CC(=O)N(C)C1=O. The maximum Gasteiger partial charge on any atom is 0.246 e. The van der Waals surface area contributed by atoms with E-state index in [2.05, 4.69) is 12.2 Å². The van der Waals surface area contributed by atoms with Gasteiger partial charge in [-0.15, -0.1) is 0 Å². The maximum absolute atomic E-state index is 11.5. The smallest absolute Gasteiger partial charge is 0.246 e. The van der Waals surface area contributed by atoms with Crippen molar-refractivity contribution in [3.8, 4) is 0 Å². The van der Waals surface area contributed by atoms with Crippen LogP contribution in [0, 0.1) is 0 Å². The number of rotatable bonds is 7. The lowest BCUT2D eigenvalue weighted by Crippen LogP contribution is -2.37. The van der Waals surface area contributed by atoms with Crippen LogP contribution in [0.25, 0.3) is 0 Å². The minimum absolute atomic E-state index is 0.107. The Morgan fingerprint density at radius 2 is 2.19 bits per heavy atom. The molecule has 1 atom stereocenters. The first-order valence-corrected chi connectivity index (χ1v) is 5.78. The summed E-state index contributed by atoms with van der Waals surface area (Å²) in [6.07, 6.45) is 2.17. The molecule has 1 N–H and O–H groups in total. The highest BCUT2D eigenvalue weighted by atomic mass is 16.5. The molecule has 1 fully saturated rings. The van der Waals surface area contributed by atoms with Crippen molar-refractivity contribution >= 4 is 11.8 Å². The first-order chi connectivity index (χ1) is 7.66. The third-order valence-electron chi connectivity index (χ3n) is 2.59. The predicted octanol–water partition coefficient (Wildman–Crippen LogP) is 0.150. The van der Waals surface area contributed by atoms with Gasteiger partial charge in [0.2, 0.25) is 11.8 Å². The Morgan fingerprint density at radius 3 is 2.75 bits per heavy atom. The molecule has 1 saturated heterocycles. The van der Waals surface area contributed by atoms with Crippen LogP contribution < -0.4 is 5.32 Å². The fraction of sp³-hybridized carbons (Fsp3) is 0.818. The van der Waals surface area contributed by atoms with Crippen molar-refractivity contribution in [1.82, 2.24) is 10.2 Å². The summed E-state index contributed by atoms with van der Waals surface area (Å²) in [5.74, 6) is -0.232. The van der Waals surface area contributed by atoms with E-state index in [1.54, 1.807) is 0 Å². The van der Waals surface area contributed by atoms with E-state index in [4.69, 9.17) is 4.74 Å². The number of imide groups is 1. The second-order valence-electron chi connectivity index (χ2n) is 3.97. The molecule has 1 rings (SSSR count). The standard InChI is InChI=1S/C11H20N2O3/c1-3-6-16-7-4-5-12-9-8-10(14)13(2)11(9)15/h9,12H,3-8H2,1-2H3. The van der Waals surface area contributed by atoms with Crippen LogP contribution in [-0.2, 0) is 14.3 Å². The lowest BCUT2D eigenvalue weighted by atomic mass is 10.2. The van der Waals surface area contributed by atoms with Crippen molar-refractivity contribution in [1.29, 1.82) is 0 Å². The van der Waals surface area contributed by atoms with Gasteiger partial charge in [-0.05, 0) is 19.4 Å². The molecule has 5 nitrogen and oxygen atoms in total. The van der Waals surface area contributed by atoms with Crippen LogP contribution in [0.4, 0.5) is 0 Å². The van der Waals surface area contributed by atoms with E-state index in [1.165, 1.54) is 11.9 Å². The molecule has 1 unspecified atom stereocenters. The number of hydrogen-bond donors (Lipinski definition) is 1. The summed E-state index contributed by atoms with van der Waals surface area (Å²) in [4.78, 5) is 23.9. The summed E-state index contributed by atoms with van der Waals surface area (Å²) in [5.41, 5.74) is 0. The van der Waals surface area contributed by atoms with E-state index in [0.717, 1.165) is 19.4 Å². The highest BCUT2D eigenvalue weighted by Gasteiger charge is 2.35. The molecule has 0 saturated carbocycles. The number of carbonyl (C=O) groups excluding carboxylic acids is 2. The fourth-order valence-corrected chi connectivity index (χ4v) is 1.61. The van der Waals surface area contributed by atoms with Gasteiger partial charge in [-0.1, -0.05) is 6.92 Å². The molecule has 0 aliphatic carbocycles. The zero-order valence-corrected chi connectivity index (χ0v) is 9.99. The summed E-state index contributed by atoms with van der Waals surface area (Å²) >= 11 is 0. The van der Waals surface area contributed by atoms with Gasteiger partial charge in [0.15, 0.2) is 0 Å². The molecule has 1 aliphatic heterocycles. The molecular weight excluding hydrogens is 208 g/mol. The quantitative estimate of drug-likeness (QED) is 0.498. The topological polar surface area (TPSA) is 58.6 Å². The summed E-state index contributed by atoms with van der Waals surface area (Å²) < 4.78 is 5.31. The Hall–Kier alpha value is -0.940. The van der Waals surface area contributed by atoms with Gasteiger partial charge in [-0.25, -0.2) is 0 Å². The molecule has 1 heterocycles. The third kappa shape index (κ3) is 3.57. The van der Waals surface area contributed by atoms with Gasteiger partial charge in [0.05, 0.1) is 12.5 Å². The molecule has 0 bridgehead atoms. The summed E-state index contributed by atoms with van der Waals surface area (Å²) in [5, 5.41) is 3.08. The second-order valence-corrected chi connectivity index (χ2v) is 3.97. The lowest BCUT2D eigenvalue weighted by Gasteiger charge is -2.10. The van der Waals surface area contributed by atoms with Crippen LogP contribution in [0.2, 0.25) is 0 Å². The number of ether oxygens (including phenoxy) is 1. The summed E-state index contributed by atoms with van der Waals surface area (Å²) in [6, 6.07) is -0.330. The first-order valence-electron chi connectivity index (χ1n) is 5.78. The van der Waals surface area contributed by atoms with Gasteiger partial charge in [0.1, 0.15) is 0 Å². The number of carbonyl (C=O) groups is 2. The van der Waals surface area contributed by atoms with E-state index in [1.807, 2.05) is 0 Å². The van der Waals surface area contributed by atoms with E-state index in [9.17, 15) is 9.59 Å². The van der Waals surface area contributed by atoms with E-state index < -0.39 is 0 Å². The second kappa shape index (κ2) is 6.60. The van der Waals surface area contributed by atoms with Gasteiger partial charge in [-0.2, -0.15) is 0 Å². The van der Waals surface area contributed by atoms with Crippen molar-refractivity contribution in [3.63, 3.8) is 0 Å². The van der Waals surface area contributed by atoms with Crippen molar-refractivity contribution in [2.45, 2.75) is 32.2 Å². The molecule has 0 aromatic rings. The minimum atomic E-state index is -0.330. The predicted molar refractivity (Wildman–Crippen MR) is 59.9 cm³/mol. The average Bonchev–Trinajstić information content (AvgIpc) is 2.51. The third-order valence-corrected chi connectivity index (χ3v) is 2.59. The Morgan fingerprint density at radius 1 is 1.44 bits per heavy atom. The number of hydrogen-bond acceptors (Lipinski definition) is 4. The Balaban J connectivity index is 2.10. The molecular formula is C11H20N2O3. The zero-order valence-electron chi connectivity index (χ0n) is 9.99. The number of likely N-dealkylation sites (tertiary alicyclic amines) is 1. The molecule has 5 heteroatoms. The number of likely N-dealkylation sites (N-methyl/N-ethyl adjacent to an activating group) is 1. The molecule has 16 heavy (non-hydrogen) atoms. The molecule has 0 spiro atoms. The monoisotopic (exact) mass is 228 g/mol. The lowest BCUT2D eigenvalue weighted by molar-refractivity contribution is -0.137. The van der Waals surface area contributed by atoms with Crippen molar-refractivity contribution < 1.29 is 14.3 Å². The van der Waals surface area contributed by atoms with Crippen LogP contribution in [-0.4, -0.2) is 49.6 Å². The van der Waals surface area contributed by atoms with E-state index in [0.29, 0.717) is 13.2 Å². The molecule has 0 radical (unpaired) electrons. The van der Waals surface area contributed by atoms with Crippen LogP contribution in [0.15, 0.2) is 0 Å². The van der Waals surface area contributed by atoms with E-state index in [-0.39, 0.29) is 24.3 Å². The highest BCUT2D eigenvalue weighted by molar-refractivity contribution is 6.05. The average molecular weight is 228 g/mol. The van der Waals surface area contributed by atoms with Crippen LogP contribution in [0.5, 0.6) is 0 Å². The Labute approximate surface area is 96.1 Å². The van der Waals surface area contributed by atoms with Crippen molar-refractivity contribution in [3.05, 3.63) is 0 Å². The molecule has 1 aliphatic rings. The fourth-order valence-electron chi connectivity index (χ4n) is 1.61. The van der Waals surface area contributed by atoms with Crippen LogP contribution in [0.3, 0.4) is 0 Å². The Bertz CT molecular complexity index is 256. The first kappa shape index (κ1) is 13.1. The van der Waals surface area contributed by atoms with Crippen molar-refractivity contribution in [2.75, 3.05) is 26.8 Å². The molecule has 0 aromatic carbocycles. The van der Waals surface area contributed by atoms with Crippen LogP contribution in [0.1, 0.15) is 26.2 Å². The highest BCUT2D eigenvalue weighted by Crippen LogP contribution is 2.10. The summed E-state index contributed by atoms with van der Waals surface area (Å²) in [6.45, 7) is 4.26. The number of amides is 2. The molecule has 92 valence electrons. The summed E-state index contributed by atoms with van der Waals surface area (Å²) in [7, 11) is 1.52. The van der Waals surface area contributed by atoms with Gasteiger partial charge in [-0.3, -0.25) is 14.5 Å². The van der Waals surface area contributed by atoms with E-state index >= 15 is 0 Å². The molecule has 2 amide bonds. The van der Waals surface area contributed by atoms with Crippen LogP contribution >= 0.6 is 0 Å².